The number of benzene rings is 2. The smallest absolute Gasteiger partial charge is 0.262 e. The molecule has 0 fully saturated rings. The molecular weight excluding hydrogens is 368 g/mol. The van der Waals surface area contributed by atoms with Gasteiger partial charge in [-0.3, -0.25) is 4.79 Å². The summed E-state index contributed by atoms with van der Waals surface area (Å²) >= 11 is 9.15. The van der Waals surface area contributed by atoms with Gasteiger partial charge in [0, 0.05) is 4.47 Å². The predicted octanol–water partition coefficient (Wildman–Crippen LogP) is 4.40. The number of nitrogens with one attached hydrogen (secondary N) is 1. The lowest BCUT2D eigenvalue weighted by molar-refractivity contribution is -0.118. The SMILES string of the molecule is O=C(COc1ccc(Br)cc1Cl)Nc1c(F)cccc1F. The lowest BCUT2D eigenvalue weighted by atomic mass is 10.3. The van der Waals surface area contributed by atoms with E-state index in [0.717, 1.165) is 16.6 Å². The fourth-order valence-electron chi connectivity index (χ4n) is 1.53. The molecule has 3 nitrogen and oxygen atoms in total. The first kappa shape index (κ1) is 15.7. The molecular formula is C14H9BrClF2NO2. The Balaban J connectivity index is 1.99. The molecule has 2 aromatic carbocycles. The van der Waals surface area contributed by atoms with Crippen LogP contribution in [0.1, 0.15) is 0 Å². The largest absolute Gasteiger partial charge is 0.482 e. The average Bonchev–Trinajstić information content (AvgIpc) is 2.42. The van der Waals surface area contributed by atoms with Crippen LogP contribution in [0.15, 0.2) is 40.9 Å². The molecule has 0 aromatic heterocycles. The molecule has 0 atom stereocenters. The van der Waals surface area contributed by atoms with Crippen molar-refractivity contribution in [2.75, 3.05) is 11.9 Å². The van der Waals surface area contributed by atoms with Gasteiger partial charge in [0.05, 0.1) is 5.02 Å². The highest BCUT2D eigenvalue weighted by molar-refractivity contribution is 9.10. The van der Waals surface area contributed by atoms with Gasteiger partial charge in [-0.2, -0.15) is 0 Å². The summed E-state index contributed by atoms with van der Waals surface area (Å²) in [5, 5.41) is 2.43. The normalized spacial score (nSPS) is 10.3. The van der Waals surface area contributed by atoms with Crippen molar-refractivity contribution in [1.82, 2.24) is 0 Å². The van der Waals surface area contributed by atoms with Crippen LogP contribution in [0, 0.1) is 11.6 Å². The second-order valence-electron chi connectivity index (χ2n) is 4.01. The highest BCUT2D eigenvalue weighted by atomic mass is 79.9. The fraction of sp³-hybridized carbons (Fsp3) is 0.0714. The van der Waals surface area contributed by atoms with Gasteiger partial charge in [-0.25, -0.2) is 8.78 Å². The van der Waals surface area contributed by atoms with E-state index in [1.54, 1.807) is 18.2 Å². The van der Waals surface area contributed by atoms with Crippen LogP contribution in [0.2, 0.25) is 5.02 Å². The van der Waals surface area contributed by atoms with Gasteiger partial charge in [-0.15, -0.1) is 0 Å². The zero-order valence-electron chi connectivity index (χ0n) is 10.5. The van der Waals surface area contributed by atoms with Crippen LogP contribution in [-0.2, 0) is 4.79 Å². The Labute approximate surface area is 133 Å². The third-order valence-electron chi connectivity index (χ3n) is 2.48. The van der Waals surface area contributed by atoms with Gasteiger partial charge in [0.1, 0.15) is 23.1 Å². The highest BCUT2D eigenvalue weighted by Crippen LogP contribution is 2.27. The quantitative estimate of drug-likeness (QED) is 0.859. The molecule has 0 unspecified atom stereocenters. The Morgan fingerprint density at radius 2 is 1.90 bits per heavy atom. The van der Waals surface area contributed by atoms with Crippen molar-refractivity contribution < 1.29 is 18.3 Å². The minimum atomic E-state index is -0.856. The van der Waals surface area contributed by atoms with Crippen LogP contribution in [-0.4, -0.2) is 12.5 Å². The van der Waals surface area contributed by atoms with Gasteiger partial charge in [0.15, 0.2) is 6.61 Å². The average molecular weight is 377 g/mol. The van der Waals surface area contributed by atoms with Crippen LogP contribution in [0.3, 0.4) is 0 Å². The summed E-state index contributed by atoms with van der Waals surface area (Å²) in [6, 6.07) is 8.17. The van der Waals surface area contributed by atoms with E-state index in [1.165, 1.54) is 6.07 Å². The highest BCUT2D eigenvalue weighted by Gasteiger charge is 2.13. The molecule has 21 heavy (non-hydrogen) atoms. The van der Waals surface area contributed by atoms with Crippen molar-refractivity contribution >= 4 is 39.1 Å². The first-order chi connectivity index (χ1) is 9.97. The van der Waals surface area contributed by atoms with Crippen LogP contribution < -0.4 is 10.1 Å². The number of hydrogen-bond acceptors (Lipinski definition) is 2. The summed E-state index contributed by atoms with van der Waals surface area (Å²) in [6.07, 6.45) is 0. The molecule has 1 amide bonds. The van der Waals surface area contributed by atoms with Gasteiger partial charge >= 0.3 is 0 Å². The second kappa shape index (κ2) is 6.87. The summed E-state index contributed by atoms with van der Waals surface area (Å²) < 4.78 is 32.7. The van der Waals surface area contributed by atoms with E-state index in [9.17, 15) is 13.6 Å². The number of ether oxygens (including phenoxy) is 1. The van der Waals surface area contributed by atoms with E-state index in [1.807, 2.05) is 0 Å². The Morgan fingerprint density at radius 3 is 2.52 bits per heavy atom. The van der Waals surface area contributed by atoms with Gasteiger partial charge in [-0.05, 0) is 30.3 Å². The summed E-state index contributed by atoms with van der Waals surface area (Å²) in [5.74, 6) is -2.11. The molecule has 7 heteroatoms. The number of anilines is 1. The maximum atomic E-state index is 13.4. The fourth-order valence-corrected chi connectivity index (χ4v) is 2.26. The minimum absolute atomic E-state index is 0.295. The van der Waals surface area contributed by atoms with Crippen molar-refractivity contribution in [3.05, 3.63) is 57.5 Å². The van der Waals surface area contributed by atoms with E-state index in [2.05, 4.69) is 21.2 Å². The van der Waals surface area contributed by atoms with E-state index in [4.69, 9.17) is 16.3 Å². The molecule has 0 aliphatic rings. The summed E-state index contributed by atoms with van der Waals surface area (Å²) in [6.45, 7) is -0.422. The minimum Gasteiger partial charge on any atom is -0.482 e. The molecule has 0 bridgehead atoms. The summed E-state index contributed by atoms with van der Waals surface area (Å²) in [5.41, 5.74) is -0.506. The standard InChI is InChI=1S/C14H9BrClF2NO2/c15-8-4-5-12(9(16)6-8)21-7-13(20)19-14-10(17)2-1-3-11(14)18/h1-6H,7H2,(H,19,20). The van der Waals surface area contributed by atoms with Crippen molar-refractivity contribution in [2.45, 2.75) is 0 Å². The van der Waals surface area contributed by atoms with Crippen LogP contribution in [0.25, 0.3) is 0 Å². The van der Waals surface area contributed by atoms with Gasteiger partial charge < -0.3 is 10.1 Å². The summed E-state index contributed by atoms with van der Waals surface area (Å²) in [4.78, 5) is 11.6. The van der Waals surface area contributed by atoms with Crippen LogP contribution in [0.5, 0.6) is 5.75 Å². The number of rotatable bonds is 4. The molecule has 0 spiro atoms. The third-order valence-corrected chi connectivity index (χ3v) is 3.27. The monoisotopic (exact) mass is 375 g/mol. The Kier molecular flexibility index (Phi) is 5.14. The Morgan fingerprint density at radius 1 is 1.24 bits per heavy atom. The van der Waals surface area contributed by atoms with E-state index in [-0.39, 0.29) is 0 Å². The number of para-hydroxylation sites is 1. The van der Waals surface area contributed by atoms with Crippen LogP contribution in [0.4, 0.5) is 14.5 Å². The molecule has 2 rings (SSSR count). The van der Waals surface area contributed by atoms with Gasteiger partial charge in [0.25, 0.3) is 5.91 Å². The van der Waals surface area contributed by atoms with Crippen molar-refractivity contribution in [3.63, 3.8) is 0 Å². The maximum Gasteiger partial charge on any atom is 0.262 e. The van der Waals surface area contributed by atoms with Crippen molar-refractivity contribution in [3.8, 4) is 5.75 Å². The first-order valence-electron chi connectivity index (χ1n) is 5.79. The number of hydrogen-bond donors (Lipinski definition) is 1. The number of carbonyl (C=O) groups excluding carboxylic acids is 1. The molecule has 0 aliphatic carbocycles. The van der Waals surface area contributed by atoms with Gasteiger partial charge in [-0.1, -0.05) is 33.6 Å². The molecule has 0 aliphatic heterocycles. The Bertz CT molecular complexity index is 662. The van der Waals surface area contributed by atoms with E-state index < -0.39 is 29.8 Å². The van der Waals surface area contributed by atoms with Gasteiger partial charge in [0.2, 0.25) is 0 Å². The predicted molar refractivity (Wildman–Crippen MR) is 79.6 cm³/mol. The Hall–Kier alpha value is -1.66. The topological polar surface area (TPSA) is 38.3 Å². The molecule has 0 radical (unpaired) electrons. The maximum absolute atomic E-state index is 13.4. The molecule has 1 N–H and O–H groups in total. The van der Waals surface area contributed by atoms with E-state index in [0.29, 0.717) is 10.8 Å². The lowest BCUT2D eigenvalue weighted by Gasteiger charge is -2.10. The molecule has 0 heterocycles. The molecule has 2 aromatic rings. The number of carbonyl (C=O) groups is 1. The second-order valence-corrected chi connectivity index (χ2v) is 5.33. The summed E-state index contributed by atoms with van der Waals surface area (Å²) in [7, 11) is 0. The van der Waals surface area contributed by atoms with Crippen LogP contribution >= 0.6 is 27.5 Å². The van der Waals surface area contributed by atoms with Crippen molar-refractivity contribution in [1.29, 1.82) is 0 Å². The zero-order chi connectivity index (χ0) is 15.4. The lowest BCUT2D eigenvalue weighted by Crippen LogP contribution is -2.21. The van der Waals surface area contributed by atoms with E-state index >= 15 is 0 Å². The molecule has 110 valence electrons. The first-order valence-corrected chi connectivity index (χ1v) is 6.96. The number of amides is 1. The number of halogens is 4. The molecule has 0 saturated heterocycles. The zero-order valence-corrected chi connectivity index (χ0v) is 12.8. The third kappa shape index (κ3) is 4.15. The van der Waals surface area contributed by atoms with Crippen molar-refractivity contribution in [2.24, 2.45) is 0 Å². The molecule has 0 saturated carbocycles.